The van der Waals surface area contributed by atoms with Gasteiger partial charge < -0.3 is 5.32 Å². The van der Waals surface area contributed by atoms with Crippen molar-refractivity contribution in [2.45, 2.75) is 56.0 Å². The summed E-state index contributed by atoms with van der Waals surface area (Å²) in [6.07, 6.45) is 5.46. The number of hydrogen-bond acceptors (Lipinski definition) is 4. The van der Waals surface area contributed by atoms with E-state index in [1.165, 1.54) is 6.42 Å². The van der Waals surface area contributed by atoms with Crippen LogP contribution in [-0.2, 0) is 14.8 Å². The van der Waals surface area contributed by atoms with Gasteiger partial charge in [-0.25, -0.2) is 17.2 Å². The maximum Gasteiger partial charge on any atom is 0.249 e. The number of amides is 1. The quantitative estimate of drug-likeness (QED) is 0.800. The molecule has 0 spiro atoms. The largest absolute Gasteiger partial charge is 0.352 e. The average Bonchev–Trinajstić information content (AvgIpc) is 2.68. The minimum atomic E-state index is -4.26. The van der Waals surface area contributed by atoms with Crippen LogP contribution in [0, 0.1) is 11.6 Å². The van der Waals surface area contributed by atoms with E-state index in [2.05, 4.69) is 5.32 Å². The lowest BCUT2D eigenvalue weighted by Crippen LogP contribution is -2.56. The normalized spacial score (nSPS) is 21.4. The second-order valence-corrected chi connectivity index (χ2v) is 9.39. The fourth-order valence-corrected chi connectivity index (χ4v) is 5.45. The Morgan fingerprint density at radius 1 is 1.07 bits per heavy atom. The molecule has 3 rings (SSSR count). The highest BCUT2D eigenvalue weighted by Crippen LogP contribution is 2.24. The molecule has 1 amide bonds. The maximum atomic E-state index is 13.9. The number of hydrogen-bond donors (Lipinski definition) is 1. The molecule has 1 N–H and O–H groups in total. The van der Waals surface area contributed by atoms with Crippen LogP contribution in [-0.4, -0.2) is 61.8 Å². The Balaban J connectivity index is 1.59. The van der Waals surface area contributed by atoms with Gasteiger partial charge >= 0.3 is 0 Å². The van der Waals surface area contributed by atoms with Gasteiger partial charge in [-0.15, -0.1) is 0 Å². The number of carbonyl (C=O) groups is 1. The summed E-state index contributed by atoms with van der Waals surface area (Å²) in [6.45, 7) is 2.62. The van der Waals surface area contributed by atoms with Gasteiger partial charge in [0, 0.05) is 32.2 Å². The second-order valence-electron chi connectivity index (χ2n) is 7.51. The van der Waals surface area contributed by atoms with Gasteiger partial charge in [0.1, 0.15) is 11.6 Å². The van der Waals surface area contributed by atoms with Crippen LogP contribution in [0.25, 0.3) is 0 Å². The molecule has 9 heteroatoms. The fraction of sp³-hybridized carbons (Fsp3) is 0.632. The van der Waals surface area contributed by atoms with E-state index in [-0.39, 0.29) is 31.1 Å². The first-order chi connectivity index (χ1) is 13.3. The van der Waals surface area contributed by atoms with Crippen molar-refractivity contribution in [3.8, 4) is 0 Å². The molecule has 0 aromatic heterocycles. The molecule has 1 saturated heterocycles. The molecule has 2 aliphatic rings. The van der Waals surface area contributed by atoms with E-state index in [9.17, 15) is 22.0 Å². The predicted octanol–water partition coefficient (Wildman–Crippen LogP) is 2.11. The van der Waals surface area contributed by atoms with Crippen molar-refractivity contribution >= 4 is 15.9 Å². The third-order valence-corrected chi connectivity index (χ3v) is 7.62. The van der Waals surface area contributed by atoms with Crippen LogP contribution >= 0.6 is 0 Å². The first kappa shape index (κ1) is 21.1. The Morgan fingerprint density at radius 3 is 2.21 bits per heavy atom. The van der Waals surface area contributed by atoms with E-state index >= 15 is 0 Å². The Bertz CT molecular complexity index is 784. The van der Waals surface area contributed by atoms with E-state index in [1.807, 2.05) is 4.90 Å². The van der Waals surface area contributed by atoms with Gasteiger partial charge in [0.05, 0.1) is 6.04 Å². The van der Waals surface area contributed by atoms with E-state index in [0.29, 0.717) is 13.1 Å². The fourth-order valence-electron chi connectivity index (χ4n) is 3.92. The monoisotopic (exact) mass is 415 g/mol. The first-order valence-corrected chi connectivity index (χ1v) is 11.2. The lowest BCUT2D eigenvalue weighted by Gasteiger charge is -2.37. The standard InChI is InChI=1S/C19H27F2N3O3S/c1-14(19(25)22-15-6-3-2-4-7-15)23-10-12-24(13-11-23)28(26,27)18-16(20)8-5-9-17(18)21/h5,8-9,14-15H,2-4,6-7,10-13H2,1H3,(H,22,25). The zero-order valence-corrected chi connectivity index (χ0v) is 16.9. The SMILES string of the molecule is CC(C(=O)NC1CCCCC1)N1CCN(S(=O)(=O)c2c(F)cccc2F)CC1. The van der Waals surface area contributed by atoms with Crippen molar-refractivity contribution in [2.24, 2.45) is 0 Å². The molecule has 1 aliphatic carbocycles. The number of halogens is 2. The van der Waals surface area contributed by atoms with Crippen molar-refractivity contribution in [2.75, 3.05) is 26.2 Å². The summed E-state index contributed by atoms with van der Waals surface area (Å²) in [7, 11) is -4.26. The highest BCUT2D eigenvalue weighted by molar-refractivity contribution is 7.89. The molecule has 1 unspecified atom stereocenters. The molecule has 1 atom stereocenters. The number of benzene rings is 1. The van der Waals surface area contributed by atoms with Crippen LogP contribution in [0.15, 0.2) is 23.1 Å². The number of sulfonamides is 1. The maximum absolute atomic E-state index is 13.9. The van der Waals surface area contributed by atoms with Crippen LogP contribution in [0.3, 0.4) is 0 Å². The Hall–Kier alpha value is -1.58. The molecule has 28 heavy (non-hydrogen) atoms. The summed E-state index contributed by atoms with van der Waals surface area (Å²) >= 11 is 0. The van der Waals surface area contributed by atoms with Gasteiger partial charge in [0.25, 0.3) is 0 Å². The highest BCUT2D eigenvalue weighted by atomic mass is 32.2. The smallest absolute Gasteiger partial charge is 0.249 e. The summed E-state index contributed by atoms with van der Waals surface area (Å²) in [5.74, 6) is -2.24. The molecule has 6 nitrogen and oxygen atoms in total. The van der Waals surface area contributed by atoms with Gasteiger partial charge in [0.2, 0.25) is 15.9 Å². The zero-order valence-electron chi connectivity index (χ0n) is 16.0. The molecule has 1 aromatic rings. The molecule has 1 heterocycles. The molecule has 156 valence electrons. The topological polar surface area (TPSA) is 69.7 Å². The van der Waals surface area contributed by atoms with E-state index in [4.69, 9.17) is 0 Å². The number of nitrogens with one attached hydrogen (secondary N) is 1. The number of piperazine rings is 1. The lowest BCUT2D eigenvalue weighted by atomic mass is 9.95. The molecule has 1 saturated carbocycles. The van der Waals surface area contributed by atoms with Crippen LogP contribution in [0.1, 0.15) is 39.0 Å². The number of carbonyl (C=O) groups excluding carboxylic acids is 1. The molecule has 1 aliphatic heterocycles. The van der Waals surface area contributed by atoms with Crippen molar-refractivity contribution in [3.63, 3.8) is 0 Å². The molecule has 0 radical (unpaired) electrons. The van der Waals surface area contributed by atoms with Crippen molar-refractivity contribution < 1.29 is 22.0 Å². The highest BCUT2D eigenvalue weighted by Gasteiger charge is 2.35. The molecule has 2 fully saturated rings. The van der Waals surface area contributed by atoms with Crippen LogP contribution in [0.4, 0.5) is 8.78 Å². The first-order valence-electron chi connectivity index (χ1n) is 9.79. The average molecular weight is 416 g/mol. The van der Waals surface area contributed by atoms with Crippen molar-refractivity contribution in [3.05, 3.63) is 29.8 Å². The lowest BCUT2D eigenvalue weighted by molar-refractivity contribution is -0.127. The number of rotatable bonds is 5. The predicted molar refractivity (Wildman–Crippen MR) is 101 cm³/mol. The van der Waals surface area contributed by atoms with E-state index in [1.54, 1.807) is 6.92 Å². The Morgan fingerprint density at radius 2 is 1.64 bits per heavy atom. The molecular formula is C19H27F2N3O3S. The summed E-state index contributed by atoms with van der Waals surface area (Å²) in [6, 6.07) is 2.84. The molecule has 1 aromatic carbocycles. The molecule has 0 bridgehead atoms. The second kappa shape index (κ2) is 8.84. The van der Waals surface area contributed by atoms with Crippen molar-refractivity contribution in [1.82, 2.24) is 14.5 Å². The van der Waals surface area contributed by atoms with Gasteiger partial charge in [-0.1, -0.05) is 25.3 Å². The third-order valence-electron chi connectivity index (χ3n) is 5.67. The Labute approximate surface area is 164 Å². The summed E-state index contributed by atoms with van der Waals surface area (Å²) in [5, 5.41) is 3.09. The third kappa shape index (κ3) is 4.52. The van der Waals surface area contributed by atoms with Gasteiger partial charge in [-0.3, -0.25) is 9.69 Å². The van der Waals surface area contributed by atoms with E-state index < -0.39 is 26.6 Å². The summed E-state index contributed by atoms with van der Waals surface area (Å²) in [4.78, 5) is 13.5. The van der Waals surface area contributed by atoms with Gasteiger partial charge in [-0.05, 0) is 31.9 Å². The van der Waals surface area contributed by atoms with Gasteiger partial charge in [-0.2, -0.15) is 4.31 Å². The van der Waals surface area contributed by atoms with Crippen molar-refractivity contribution in [1.29, 1.82) is 0 Å². The summed E-state index contributed by atoms with van der Waals surface area (Å²) in [5.41, 5.74) is 0. The van der Waals surface area contributed by atoms with Crippen LogP contribution in [0.2, 0.25) is 0 Å². The molecular weight excluding hydrogens is 388 g/mol. The Kier molecular flexibility index (Phi) is 6.67. The zero-order chi connectivity index (χ0) is 20.3. The minimum Gasteiger partial charge on any atom is -0.352 e. The van der Waals surface area contributed by atoms with Gasteiger partial charge in [0.15, 0.2) is 4.90 Å². The minimum absolute atomic E-state index is 0.0524. The van der Waals surface area contributed by atoms with Crippen LogP contribution < -0.4 is 5.32 Å². The number of nitrogens with zero attached hydrogens (tertiary/aromatic N) is 2. The van der Waals surface area contributed by atoms with E-state index in [0.717, 1.165) is 48.2 Å². The summed E-state index contributed by atoms with van der Waals surface area (Å²) < 4.78 is 54.2. The van der Waals surface area contributed by atoms with Crippen LogP contribution in [0.5, 0.6) is 0 Å².